The molecule has 1 aliphatic carbocycles. The molecule has 8 heteroatoms. The van der Waals surface area contributed by atoms with E-state index >= 15 is 0 Å². The molecule has 0 spiro atoms. The Balaban J connectivity index is 0.971. The SMILES string of the molecule is O=C(/C=C/CCCCCCCCCCCCCCOC1CCCCO1)N[C@H]1C[C@H]1NC(=O)/C=C/CCCCCCCCCCCCCCOC1CCCCO1. The summed E-state index contributed by atoms with van der Waals surface area (Å²) >= 11 is 0. The molecule has 2 N–H and O–H groups in total. The Morgan fingerprint density at radius 2 is 0.782 bits per heavy atom. The van der Waals surface area contributed by atoms with Crippen LogP contribution < -0.4 is 10.6 Å². The first-order valence-corrected chi connectivity index (χ1v) is 23.6. The third-order valence-electron chi connectivity index (χ3n) is 11.4. The summed E-state index contributed by atoms with van der Waals surface area (Å²) in [6.07, 6.45) is 48.2. The van der Waals surface area contributed by atoms with E-state index in [1.54, 1.807) is 12.2 Å². The summed E-state index contributed by atoms with van der Waals surface area (Å²) in [5.41, 5.74) is 0. The molecule has 3 fully saturated rings. The largest absolute Gasteiger partial charge is 0.353 e. The summed E-state index contributed by atoms with van der Waals surface area (Å²) in [5, 5.41) is 6.05. The summed E-state index contributed by atoms with van der Waals surface area (Å²) < 4.78 is 22.9. The number of ether oxygens (including phenoxy) is 4. The van der Waals surface area contributed by atoms with Gasteiger partial charge in [-0.25, -0.2) is 0 Å². The van der Waals surface area contributed by atoms with E-state index in [1.165, 1.54) is 154 Å². The molecule has 318 valence electrons. The Hall–Kier alpha value is -1.74. The number of rotatable bonds is 36. The van der Waals surface area contributed by atoms with Crippen molar-refractivity contribution in [1.29, 1.82) is 0 Å². The molecule has 2 unspecified atom stereocenters. The highest BCUT2D eigenvalue weighted by atomic mass is 16.7. The van der Waals surface area contributed by atoms with Gasteiger partial charge in [0.15, 0.2) is 12.6 Å². The highest BCUT2D eigenvalue weighted by molar-refractivity contribution is 5.89. The van der Waals surface area contributed by atoms with Crippen molar-refractivity contribution in [1.82, 2.24) is 10.6 Å². The second kappa shape index (κ2) is 34.3. The van der Waals surface area contributed by atoms with E-state index in [9.17, 15) is 9.59 Å². The first-order chi connectivity index (χ1) is 27.2. The lowest BCUT2D eigenvalue weighted by atomic mass is 10.0. The minimum absolute atomic E-state index is 0.0439. The van der Waals surface area contributed by atoms with E-state index in [4.69, 9.17) is 18.9 Å². The van der Waals surface area contributed by atoms with Gasteiger partial charge in [-0.05, 0) is 95.6 Å². The van der Waals surface area contributed by atoms with Crippen LogP contribution in [0.15, 0.2) is 24.3 Å². The van der Waals surface area contributed by atoms with Crippen LogP contribution in [0.5, 0.6) is 0 Å². The number of amides is 2. The minimum Gasteiger partial charge on any atom is -0.353 e. The standard InChI is InChI=1S/C47H84N2O6/c50-44(33-25-21-17-13-9-5-1-3-7-11-15-19-23-29-37-52-46-35-27-31-39-54-46)48-42-41-43(42)49-45(51)34-26-22-18-14-10-6-2-4-8-12-16-20-24-30-38-53-47-36-28-32-40-55-47/h25-26,33-34,42-43,46-47H,1-24,27-32,35-41H2,(H,48,50)(H,49,51)/b33-25+,34-26+/t42-,43+,46?,47?. The second-order valence-corrected chi connectivity index (χ2v) is 16.7. The first-order valence-electron chi connectivity index (χ1n) is 23.6. The number of allylic oxidation sites excluding steroid dienone is 2. The molecule has 0 aromatic heterocycles. The van der Waals surface area contributed by atoms with Crippen molar-refractivity contribution in [3.05, 3.63) is 24.3 Å². The average Bonchev–Trinajstić information content (AvgIpc) is 3.93. The van der Waals surface area contributed by atoms with Crippen LogP contribution in [0.3, 0.4) is 0 Å². The molecule has 2 heterocycles. The van der Waals surface area contributed by atoms with E-state index in [0.29, 0.717) is 0 Å². The predicted molar refractivity (Wildman–Crippen MR) is 226 cm³/mol. The number of unbranched alkanes of at least 4 members (excludes halogenated alkanes) is 24. The summed E-state index contributed by atoms with van der Waals surface area (Å²) in [6.45, 7) is 3.43. The van der Waals surface area contributed by atoms with Gasteiger partial charge in [-0.1, -0.05) is 141 Å². The topological polar surface area (TPSA) is 95.1 Å². The van der Waals surface area contributed by atoms with Gasteiger partial charge in [0.1, 0.15) is 0 Å². The van der Waals surface area contributed by atoms with E-state index in [1.807, 2.05) is 12.2 Å². The zero-order valence-corrected chi connectivity index (χ0v) is 35.2. The fourth-order valence-electron chi connectivity index (χ4n) is 7.74. The van der Waals surface area contributed by atoms with Crippen LogP contribution in [0, 0.1) is 0 Å². The predicted octanol–water partition coefficient (Wildman–Crippen LogP) is 11.7. The van der Waals surface area contributed by atoms with Crippen molar-refractivity contribution in [3.8, 4) is 0 Å². The molecular formula is C47H84N2O6. The maximum Gasteiger partial charge on any atom is 0.243 e. The van der Waals surface area contributed by atoms with Gasteiger partial charge >= 0.3 is 0 Å². The van der Waals surface area contributed by atoms with E-state index < -0.39 is 0 Å². The zero-order valence-electron chi connectivity index (χ0n) is 35.2. The number of carbonyl (C=O) groups excluding carboxylic acids is 2. The lowest BCUT2D eigenvalue weighted by Crippen LogP contribution is -2.33. The fraction of sp³-hybridized carbons (Fsp3) is 0.872. The highest BCUT2D eigenvalue weighted by Crippen LogP contribution is 2.21. The zero-order chi connectivity index (χ0) is 38.7. The Labute approximate surface area is 337 Å². The maximum atomic E-state index is 12.3. The molecule has 8 nitrogen and oxygen atoms in total. The van der Waals surface area contributed by atoms with Gasteiger partial charge in [0.25, 0.3) is 0 Å². The van der Waals surface area contributed by atoms with Crippen molar-refractivity contribution >= 4 is 11.8 Å². The quantitative estimate of drug-likeness (QED) is 0.0486. The Bertz CT molecular complexity index is 900. The van der Waals surface area contributed by atoms with Crippen molar-refractivity contribution in [2.75, 3.05) is 26.4 Å². The number of hydrogen-bond acceptors (Lipinski definition) is 6. The number of carbonyl (C=O) groups is 2. The van der Waals surface area contributed by atoms with Crippen LogP contribution >= 0.6 is 0 Å². The molecule has 2 aliphatic heterocycles. The lowest BCUT2D eigenvalue weighted by Gasteiger charge is -2.22. The third kappa shape index (κ3) is 28.3. The second-order valence-electron chi connectivity index (χ2n) is 16.7. The van der Waals surface area contributed by atoms with Crippen LogP contribution in [0.2, 0.25) is 0 Å². The van der Waals surface area contributed by atoms with Gasteiger partial charge in [-0.2, -0.15) is 0 Å². The van der Waals surface area contributed by atoms with Crippen LogP contribution in [-0.2, 0) is 28.5 Å². The molecule has 55 heavy (non-hydrogen) atoms. The lowest BCUT2D eigenvalue weighted by molar-refractivity contribution is -0.163. The third-order valence-corrected chi connectivity index (χ3v) is 11.4. The first kappa shape index (κ1) is 47.6. The molecule has 3 rings (SSSR count). The van der Waals surface area contributed by atoms with Crippen molar-refractivity contribution in [2.45, 2.75) is 237 Å². The minimum atomic E-state index is -0.0439. The van der Waals surface area contributed by atoms with Gasteiger partial charge in [-0.3, -0.25) is 9.59 Å². The molecule has 2 saturated heterocycles. The van der Waals surface area contributed by atoms with E-state index in [-0.39, 0.29) is 36.5 Å². The monoisotopic (exact) mass is 773 g/mol. The van der Waals surface area contributed by atoms with E-state index in [2.05, 4.69) is 10.6 Å². The van der Waals surface area contributed by atoms with Crippen LogP contribution in [0.4, 0.5) is 0 Å². The smallest absolute Gasteiger partial charge is 0.243 e. The van der Waals surface area contributed by atoms with Gasteiger partial charge < -0.3 is 29.6 Å². The fourth-order valence-corrected chi connectivity index (χ4v) is 7.74. The van der Waals surface area contributed by atoms with Crippen LogP contribution in [0.25, 0.3) is 0 Å². The summed E-state index contributed by atoms with van der Waals surface area (Å²) in [6, 6.07) is 0.115. The number of nitrogens with one attached hydrogen (secondary N) is 2. The molecular weight excluding hydrogens is 689 g/mol. The van der Waals surface area contributed by atoms with Gasteiger partial charge in [0.05, 0.1) is 12.1 Å². The van der Waals surface area contributed by atoms with E-state index in [0.717, 1.165) is 84.2 Å². The maximum absolute atomic E-state index is 12.3. The Kier molecular flexibility index (Phi) is 29.7. The van der Waals surface area contributed by atoms with Gasteiger partial charge in [0, 0.05) is 26.4 Å². The Morgan fingerprint density at radius 1 is 0.455 bits per heavy atom. The summed E-state index contributed by atoms with van der Waals surface area (Å²) in [5.74, 6) is -0.0879. The van der Waals surface area contributed by atoms with Crippen molar-refractivity contribution < 1.29 is 28.5 Å². The molecule has 0 radical (unpaired) electrons. The summed E-state index contributed by atoms with van der Waals surface area (Å²) in [4.78, 5) is 24.5. The van der Waals surface area contributed by atoms with Gasteiger partial charge in [0.2, 0.25) is 11.8 Å². The van der Waals surface area contributed by atoms with Gasteiger partial charge in [-0.15, -0.1) is 0 Å². The van der Waals surface area contributed by atoms with Crippen LogP contribution in [-0.4, -0.2) is 62.9 Å². The van der Waals surface area contributed by atoms with Crippen LogP contribution in [0.1, 0.15) is 212 Å². The molecule has 0 aromatic rings. The highest BCUT2D eigenvalue weighted by Gasteiger charge is 2.38. The normalized spacial score (nSPS) is 21.4. The summed E-state index contributed by atoms with van der Waals surface area (Å²) in [7, 11) is 0. The molecule has 4 atom stereocenters. The van der Waals surface area contributed by atoms with Crippen molar-refractivity contribution in [3.63, 3.8) is 0 Å². The Morgan fingerprint density at radius 3 is 1.11 bits per heavy atom. The molecule has 1 saturated carbocycles. The number of hydrogen-bond donors (Lipinski definition) is 2. The molecule has 0 aromatic carbocycles. The molecule has 0 bridgehead atoms. The molecule has 2 amide bonds. The molecule has 3 aliphatic rings. The van der Waals surface area contributed by atoms with Crippen molar-refractivity contribution in [2.24, 2.45) is 0 Å². The average molecular weight is 773 g/mol.